The third-order valence-corrected chi connectivity index (χ3v) is 5.45. The summed E-state index contributed by atoms with van der Waals surface area (Å²) in [6.07, 6.45) is -1.48. The van der Waals surface area contributed by atoms with Crippen molar-refractivity contribution >= 4 is 17.7 Å². The summed E-state index contributed by atoms with van der Waals surface area (Å²) in [5.74, 6) is -1.41. The first-order chi connectivity index (χ1) is 14.6. The van der Waals surface area contributed by atoms with Crippen LogP contribution in [0.1, 0.15) is 44.2 Å². The predicted octanol–water partition coefficient (Wildman–Crippen LogP) is 3.24. The smallest absolute Gasteiger partial charge is 0.262 e. The lowest BCUT2D eigenvalue weighted by Gasteiger charge is -2.40. The fourth-order valence-corrected chi connectivity index (χ4v) is 4.01. The third-order valence-electron chi connectivity index (χ3n) is 5.45. The summed E-state index contributed by atoms with van der Waals surface area (Å²) >= 11 is 0. The Morgan fingerprint density at radius 3 is 1.73 bits per heavy atom. The Hall–Kier alpha value is -3.77. The lowest BCUT2D eigenvalue weighted by Crippen LogP contribution is -2.57. The molecule has 0 aromatic heterocycles. The van der Waals surface area contributed by atoms with Crippen molar-refractivity contribution in [2.75, 3.05) is 0 Å². The van der Waals surface area contributed by atoms with Crippen LogP contribution in [0, 0.1) is 0 Å². The van der Waals surface area contributed by atoms with Crippen molar-refractivity contribution in [2.45, 2.75) is 18.4 Å². The zero-order valence-corrected chi connectivity index (χ0v) is 15.9. The molecular formula is C24H18N2O4. The highest BCUT2D eigenvalue weighted by atomic mass is 16.5. The van der Waals surface area contributed by atoms with Gasteiger partial charge in [-0.1, -0.05) is 72.8 Å². The van der Waals surface area contributed by atoms with E-state index < -0.39 is 36.1 Å². The first-order valence-electron chi connectivity index (χ1n) is 9.68. The average molecular weight is 398 g/mol. The maximum absolute atomic E-state index is 13.3. The number of benzene rings is 3. The van der Waals surface area contributed by atoms with E-state index in [9.17, 15) is 14.4 Å². The van der Waals surface area contributed by atoms with E-state index in [1.54, 1.807) is 24.3 Å². The van der Waals surface area contributed by atoms with E-state index in [0.717, 1.165) is 16.0 Å². The Morgan fingerprint density at radius 2 is 1.17 bits per heavy atom. The van der Waals surface area contributed by atoms with Crippen molar-refractivity contribution in [3.8, 4) is 0 Å². The number of amides is 3. The van der Waals surface area contributed by atoms with Crippen molar-refractivity contribution in [3.05, 3.63) is 107 Å². The van der Waals surface area contributed by atoms with Gasteiger partial charge in [0, 0.05) is 5.56 Å². The van der Waals surface area contributed by atoms with Crippen LogP contribution in [-0.4, -0.2) is 28.7 Å². The molecular weight excluding hydrogens is 380 g/mol. The molecule has 3 amide bonds. The van der Waals surface area contributed by atoms with Gasteiger partial charge in [-0.3, -0.25) is 19.3 Å². The van der Waals surface area contributed by atoms with Crippen LogP contribution in [0.5, 0.6) is 0 Å². The number of carbonyl (C=O) groups is 3. The number of carbonyl (C=O) groups excluding carboxylic acids is 3. The summed E-state index contributed by atoms with van der Waals surface area (Å²) in [6, 6.07) is 24.0. The molecule has 1 N–H and O–H groups in total. The fourth-order valence-electron chi connectivity index (χ4n) is 4.01. The molecule has 148 valence electrons. The zero-order chi connectivity index (χ0) is 20.7. The quantitative estimate of drug-likeness (QED) is 0.688. The SMILES string of the molecule is O=C1N[C@@H](c2ccccc2)O[C@H](c2ccccc2)[C@H]1N1C(=O)c2ccccc2C1=O. The number of ether oxygens (including phenoxy) is 1. The number of nitrogens with zero attached hydrogens (tertiary/aromatic N) is 1. The van der Waals surface area contributed by atoms with Gasteiger partial charge in [0.2, 0.25) is 5.91 Å². The summed E-state index contributed by atoms with van der Waals surface area (Å²) in [5.41, 5.74) is 2.10. The maximum Gasteiger partial charge on any atom is 0.262 e. The monoisotopic (exact) mass is 398 g/mol. The Balaban J connectivity index is 1.56. The lowest BCUT2D eigenvalue weighted by molar-refractivity contribution is -0.154. The normalized spacial score (nSPS) is 23.3. The van der Waals surface area contributed by atoms with Crippen LogP contribution < -0.4 is 5.32 Å². The van der Waals surface area contributed by atoms with Crippen LogP contribution in [-0.2, 0) is 9.53 Å². The van der Waals surface area contributed by atoms with E-state index >= 15 is 0 Å². The van der Waals surface area contributed by atoms with Crippen LogP contribution in [0.4, 0.5) is 0 Å². The fraction of sp³-hybridized carbons (Fsp3) is 0.125. The molecule has 2 aliphatic rings. The van der Waals surface area contributed by atoms with Crippen LogP contribution in [0.2, 0.25) is 0 Å². The van der Waals surface area contributed by atoms with Crippen LogP contribution >= 0.6 is 0 Å². The summed E-state index contributed by atoms with van der Waals surface area (Å²) in [5, 5.41) is 2.82. The van der Waals surface area contributed by atoms with Crippen molar-refractivity contribution in [3.63, 3.8) is 0 Å². The molecule has 0 bridgehead atoms. The van der Waals surface area contributed by atoms with Gasteiger partial charge >= 0.3 is 0 Å². The van der Waals surface area contributed by atoms with E-state index in [1.165, 1.54) is 0 Å². The van der Waals surface area contributed by atoms with Crippen molar-refractivity contribution in [1.29, 1.82) is 0 Å². The summed E-state index contributed by atoms with van der Waals surface area (Å²) in [6.45, 7) is 0. The molecule has 2 heterocycles. The summed E-state index contributed by atoms with van der Waals surface area (Å²) < 4.78 is 6.27. The summed E-state index contributed by atoms with van der Waals surface area (Å²) in [7, 11) is 0. The first-order valence-corrected chi connectivity index (χ1v) is 9.68. The topological polar surface area (TPSA) is 75.7 Å². The Morgan fingerprint density at radius 1 is 0.667 bits per heavy atom. The maximum atomic E-state index is 13.3. The Bertz CT molecular complexity index is 1100. The van der Waals surface area contributed by atoms with Crippen molar-refractivity contribution in [2.24, 2.45) is 0 Å². The molecule has 5 rings (SSSR count). The molecule has 0 spiro atoms. The molecule has 0 unspecified atom stereocenters. The zero-order valence-electron chi connectivity index (χ0n) is 15.9. The minimum atomic E-state index is -1.11. The number of nitrogens with one attached hydrogen (secondary N) is 1. The lowest BCUT2D eigenvalue weighted by atomic mass is 9.97. The highest BCUT2D eigenvalue weighted by molar-refractivity contribution is 6.23. The van der Waals surface area contributed by atoms with E-state index in [1.807, 2.05) is 60.7 Å². The van der Waals surface area contributed by atoms with Gasteiger partial charge in [0.15, 0.2) is 6.23 Å². The first kappa shape index (κ1) is 18.3. The molecule has 1 fully saturated rings. The molecule has 0 aliphatic carbocycles. The van der Waals surface area contributed by atoms with Gasteiger partial charge < -0.3 is 10.1 Å². The molecule has 3 aromatic carbocycles. The molecule has 6 nitrogen and oxygen atoms in total. The van der Waals surface area contributed by atoms with Gasteiger partial charge in [-0.25, -0.2) is 0 Å². The summed E-state index contributed by atoms with van der Waals surface area (Å²) in [4.78, 5) is 40.4. The van der Waals surface area contributed by atoms with E-state index in [4.69, 9.17) is 4.74 Å². The van der Waals surface area contributed by atoms with Gasteiger partial charge in [0.25, 0.3) is 11.8 Å². The second kappa shape index (κ2) is 7.24. The second-order valence-electron chi connectivity index (χ2n) is 7.24. The third kappa shape index (κ3) is 2.89. The van der Waals surface area contributed by atoms with Gasteiger partial charge in [-0.2, -0.15) is 0 Å². The van der Waals surface area contributed by atoms with Gasteiger partial charge in [-0.05, 0) is 17.7 Å². The molecule has 3 atom stereocenters. The highest BCUT2D eigenvalue weighted by Crippen LogP contribution is 2.37. The average Bonchev–Trinajstić information content (AvgIpc) is 3.05. The van der Waals surface area contributed by atoms with Crippen LogP contribution in [0.3, 0.4) is 0 Å². The molecule has 30 heavy (non-hydrogen) atoms. The highest BCUT2D eigenvalue weighted by Gasteiger charge is 2.50. The van der Waals surface area contributed by atoms with Crippen LogP contribution in [0.25, 0.3) is 0 Å². The number of rotatable bonds is 3. The Kier molecular flexibility index (Phi) is 4.41. The largest absolute Gasteiger partial charge is 0.343 e. The Labute approximate surface area is 173 Å². The molecule has 3 aromatic rings. The van der Waals surface area contributed by atoms with E-state index in [2.05, 4.69) is 5.32 Å². The van der Waals surface area contributed by atoms with Crippen molar-refractivity contribution in [1.82, 2.24) is 10.2 Å². The standard InChI is InChI=1S/C24H18N2O4/c27-21-19(26-23(28)17-13-7-8-14-18(17)24(26)29)20(15-9-3-1-4-10-15)30-22(25-21)16-11-5-2-6-12-16/h1-14,19-20,22H,(H,25,27)/t19-,20-,22-/m1/s1. The molecule has 0 saturated carbocycles. The van der Waals surface area contributed by atoms with Gasteiger partial charge in [0.1, 0.15) is 12.1 Å². The van der Waals surface area contributed by atoms with Crippen LogP contribution in [0.15, 0.2) is 84.9 Å². The molecule has 1 saturated heterocycles. The minimum Gasteiger partial charge on any atom is -0.343 e. The molecule has 6 heteroatoms. The number of hydrogen-bond donors (Lipinski definition) is 1. The van der Waals surface area contributed by atoms with Gasteiger partial charge in [0.05, 0.1) is 11.1 Å². The van der Waals surface area contributed by atoms with E-state index in [-0.39, 0.29) is 0 Å². The predicted molar refractivity (Wildman–Crippen MR) is 108 cm³/mol. The van der Waals surface area contributed by atoms with E-state index in [0.29, 0.717) is 11.1 Å². The number of hydrogen-bond acceptors (Lipinski definition) is 4. The second-order valence-corrected chi connectivity index (χ2v) is 7.24. The molecule has 2 aliphatic heterocycles. The molecule has 0 radical (unpaired) electrons. The van der Waals surface area contributed by atoms with Crippen molar-refractivity contribution < 1.29 is 19.1 Å². The number of imide groups is 1. The van der Waals surface area contributed by atoms with Gasteiger partial charge in [-0.15, -0.1) is 0 Å². The number of fused-ring (bicyclic) bond motifs is 1. The minimum absolute atomic E-state index is 0.298.